The molecule has 36 heavy (non-hydrogen) atoms. The quantitative estimate of drug-likeness (QED) is 0.164. The first-order valence-corrected chi connectivity index (χ1v) is 13.9. The third kappa shape index (κ3) is 7.24. The van der Waals surface area contributed by atoms with Crippen molar-refractivity contribution in [3.05, 3.63) is 47.8 Å². The van der Waals surface area contributed by atoms with Crippen LogP contribution in [0.5, 0.6) is 0 Å². The number of nitrogens with zero attached hydrogens (tertiary/aromatic N) is 4. The number of benzene rings is 2. The summed E-state index contributed by atoms with van der Waals surface area (Å²) in [5.74, 6) is 0.394. The first-order chi connectivity index (χ1) is 15.9. The van der Waals surface area contributed by atoms with Gasteiger partial charge in [0.15, 0.2) is 0 Å². The van der Waals surface area contributed by atoms with E-state index in [9.17, 15) is 25.9 Å². The van der Waals surface area contributed by atoms with Crippen LogP contribution in [0.2, 0.25) is 0 Å². The van der Waals surface area contributed by atoms with Crippen molar-refractivity contribution < 1.29 is 63.7 Å². The predicted molar refractivity (Wildman–Crippen MR) is 126 cm³/mol. The van der Waals surface area contributed by atoms with Gasteiger partial charge in [0.05, 0.1) is 42.3 Å². The Balaban J connectivity index is 0.00000228. The predicted octanol–water partition coefficient (Wildman–Crippen LogP) is -3.45. The Morgan fingerprint density at radius 2 is 1.31 bits per heavy atom. The van der Waals surface area contributed by atoms with Crippen LogP contribution in [0.15, 0.2) is 36.4 Å². The van der Waals surface area contributed by atoms with Crippen LogP contribution in [0.4, 0.5) is 0 Å². The summed E-state index contributed by atoms with van der Waals surface area (Å²) < 4.78 is 70.1. The van der Waals surface area contributed by atoms with E-state index in [0.717, 1.165) is 22.2 Å². The summed E-state index contributed by atoms with van der Waals surface area (Å²) in [6.45, 7) is 4.37. The molecule has 0 atom stereocenters. The molecule has 14 heteroatoms. The molecule has 0 aliphatic rings. The van der Waals surface area contributed by atoms with E-state index in [1.807, 2.05) is 52.5 Å². The van der Waals surface area contributed by atoms with Crippen LogP contribution in [0.25, 0.3) is 33.5 Å². The summed E-state index contributed by atoms with van der Waals surface area (Å²) in [5, 5.41) is 0. The summed E-state index contributed by atoms with van der Waals surface area (Å²) in [6.07, 6.45) is 0.314. The van der Waals surface area contributed by atoms with Gasteiger partial charge in [-0.3, -0.25) is 0 Å². The molecule has 0 fully saturated rings. The van der Waals surface area contributed by atoms with E-state index >= 15 is 0 Å². The topological polar surface area (TPSA) is 150 Å². The maximum Gasteiger partial charge on any atom is 1.00 e. The first kappa shape index (κ1) is 30.6. The number of aromatic nitrogens is 4. The SMILES string of the molecule is Cc1cccc(-c2nc3cc4c(cc3n2CCCS(=O)(=O)[O-])nc(C)n4CCCS(=O)(=O)[O-])c1.[Li+].[Li+]. The number of imidazole rings is 2. The van der Waals surface area contributed by atoms with Crippen LogP contribution in [0.3, 0.4) is 0 Å². The molecule has 0 amide bonds. The number of aryl methyl sites for hydroxylation is 4. The van der Waals surface area contributed by atoms with E-state index in [4.69, 9.17) is 4.98 Å². The Hall–Kier alpha value is -1.61. The van der Waals surface area contributed by atoms with Crippen LogP contribution in [0.1, 0.15) is 24.2 Å². The molecule has 0 N–H and O–H groups in total. The second-order valence-corrected chi connectivity index (χ2v) is 11.4. The van der Waals surface area contributed by atoms with E-state index < -0.39 is 31.7 Å². The van der Waals surface area contributed by atoms with E-state index in [1.54, 1.807) is 6.92 Å². The summed E-state index contributed by atoms with van der Waals surface area (Å²) in [7, 11) is -8.63. The molecule has 2 aromatic carbocycles. The molecule has 0 aliphatic heterocycles. The zero-order valence-electron chi connectivity index (χ0n) is 20.8. The van der Waals surface area contributed by atoms with Crippen molar-refractivity contribution in [1.29, 1.82) is 0 Å². The van der Waals surface area contributed by atoms with Gasteiger partial charge in [0.2, 0.25) is 0 Å². The third-order valence-electron chi connectivity index (χ3n) is 5.64. The minimum absolute atomic E-state index is 0. The minimum Gasteiger partial charge on any atom is -0.748 e. The van der Waals surface area contributed by atoms with Crippen LogP contribution in [-0.4, -0.2) is 56.5 Å². The summed E-state index contributed by atoms with van der Waals surface area (Å²) in [4.78, 5) is 9.39. The van der Waals surface area contributed by atoms with Crippen molar-refractivity contribution in [2.45, 2.75) is 39.8 Å². The van der Waals surface area contributed by atoms with E-state index in [-0.39, 0.29) is 57.1 Å². The number of hydrogen-bond acceptors (Lipinski definition) is 8. The largest absolute Gasteiger partial charge is 1.00 e. The van der Waals surface area contributed by atoms with Crippen molar-refractivity contribution in [2.75, 3.05) is 11.5 Å². The van der Waals surface area contributed by atoms with Gasteiger partial charge in [0.1, 0.15) is 11.6 Å². The Bertz CT molecular complexity index is 1600. The summed E-state index contributed by atoms with van der Waals surface area (Å²) >= 11 is 0. The van der Waals surface area contributed by atoms with Gasteiger partial charge in [-0.1, -0.05) is 23.8 Å². The van der Waals surface area contributed by atoms with Gasteiger partial charge in [-0.15, -0.1) is 0 Å². The van der Waals surface area contributed by atoms with Crippen LogP contribution in [-0.2, 0) is 33.3 Å². The first-order valence-electron chi connectivity index (χ1n) is 10.7. The van der Waals surface area contributed by atoms with Crippen LogP contribution in [0, 0.1) is 13.8 Å². The molecule has 4 aromatic rings. The molecule has 10 nitrogen and oxygen atoms in total. The Kier molecular flexibility index (Phi) is 10.1. The molecule has 0 spiro atoms. The normalized spacial score (nSPS) is 12.0. The zero-order chi connectivity index (χ0) is 24.7. The molecule has 0 saturated carbocycles. The molecule has 182 valence electrons. The van der Waals surface area contributed by atoms with Gasteiger partial charge in [0, 0.05) is 30.2 Å². The van der Waals surface area contributed by atoms with Crippen LogP contribution >= 0.6 is 0 Å². The van der Waals surface area contributed by atoms with Crippen molar-refractivity contribution in [3.8, 4) is 11.4 Å². The Labute approximate surface area is 234 Å². The molecule has 0 radical (unpaired) electrons. The molecule has 0 unspecified atom stereocenters. The maximum atomic E-state index is 11.1. The molecule has 0 bridgehead atoms. The molecule has 0 aliphatic carbocycles. The third-order valence-corrected chi connectivity index (χ3v) is 7.21. The Morgan fingerprint density at radius 3 is 1.86 bits per heavy atom. The smallest absolute Gasteiger partial charge is 0.748 e. The summed E-state index contributed by atoms with van der Waals surface area (Å²) in [5.41, 5.74) is 4.74. The number of hydrogen-bond donors (Lipinski definition) is 0. The van der Waals surface area contributed by atoms with E-state index in [1.165, 1.54) is 0 Å². The van der Waals surface area contributed by atoms with E-state index in [2.05, 4.69) is 4.98 Å². The van der Waals surface area contributed by atoms with Gasteiger partial charge in [-0.2, -0.15) is 0 Å². The number of rotatable bonds is 9. The van der Waals surface area contributed by atoms with Crippen molar-refractivity contribution in [3.63, 3.8) is 0 Å². The van der Waals surface area contributed by atoms with Crippen molar-refractivity contribution in [2.24, 2.45) is 0 Å². The standard InChI is InChI=1S/C22H26N4O6S2.2Li/c1-15-6-3-7-17(12-15)22-24-19-14-20-18(13-21(19)26(22)9-5-11-34(30,31)32)23-16(2)25(20)8-4-10-33(27,28)29;;/h3,6-7,12-14H,4-5,8-11H2,1-2H3,(H,27,28,29)(H,30,31,32);;/q;2*+1/p-2. The fourth-order valence-corrected chi connectivity index (χ4v) is 5.14. The zero-order valence-corrected chi connectivity index (χ0v) is 22.4. The van der Waals surface area contributed by atoms with Gasteiger partial charge in [-0.05, 0) is 44.9 Å². The fourth-order valence-electron chi connectivity index (χ4n) is 4.18. The molecule has 0 saturated heterocycles. The number of fused-ring (bicyclic) bond motifs is 2. The van der Waals surface area contributed by atoms with Gasteiger partial charge < -0.3 is 18.2 Å². The van der Waals surface area contributed by atoms with Gasteiger partial charge in [0.25, 0.3) is 0 Å². The average Bonchev–Trinajstić information content (AvgIpc) is 3.21. The summed E-state index contributed by atoms with van der Waals surface area (Å²) in [6, 6.07) is 11.5. The van der Waals surface area contributed by atoms with Crippen LogP contribution < -0.4 is 37.7 Å². The molecule has 4 rings (SSSR count). The monoisotopic (exact) mass is 518 g/mol. The van der Waals surface area contributed by atoms with E-state index in [0.29, 0.717) is 29.2 Å². The molecule has 2 heterocycles. The van der Waals surface area contributed by atoms with Crippen molar-refractivity contribution in [1.82, 2.24) is 19.1 Å². The second kappa shape index (κ2) is 11.8. The maximum absolute atomic E-state index is 11.1. The molecule has 2 aromatic heterocycles. The fraction of sp³-hybridized carbons (Fsp3) is 0.364. The molecular weight excluding hydrogens is 494 g/mol. The Morgan fingerprint density at radius 1 is 0.778 bits per heavy atom. The molecular formula is C22H24Li2N4O6S2. The van der Waals surface area contributed by atoms with Gasteiger partial charge in [-0.25, -0.2) is 26.8 Å². The minimum atomic E-state index is -4.34. The second-order valence-electron chi connectivity index (χ2n) is 8.33. The van der Waals surface area contributed by atoms with Crippen molar-refractivity contribution >= 4 is 42.3 Å². The van der Waals surface area contributed by atoms with Gasteiger partial charge >= 0.3 is 37.7 Å². The average molecular weight is 518 g/mol.